The summed E-state index contributed by atoms with van der Waals surface area (Å²) in [4.78, 5) is 0.258. The molecule has 0 saturated heterocycles. The first-order chi connectivity index (χ1) is 9.86. The van der Waals surface area contributed by atoms with E-state index in [-0.39, 0.29) is 4.90 Å². The standard InChI is InChI=1S/C15H15Br2NO2S/c1-3-18(13-7-4-11(2)5-8-13)21(19,20)15-9-6-12(16)10-14(15)17/h4-10H,3H2,1-2H3. The molecule has 0 spiro atoms. The maximum atomic E-state index is 12.9. The van der Waals surface area contributed by atoms with Crippen LogP contribution in [0.4, 0.5) is 5.69 Å². The van der Waals surface area contributed by atoms with Gasteiger partial charge in [-0.3, -0.25) is 4.31 Å². The summed E-state index contributed by atoms with van der Waals surface area (Å²) >= 11 is 6.66. The third-order valence-corrected chi connectivity index (χ3v) is 6.44. The zero-order chi connectivity index (χ0) is 15.6. The molecular formula is C15H15Br2NO2S. The highest BCUT2D eigenvalue weighted by atomic mass is 79.9. The van der Waals surface area contributed by atoms with Crippen LogP contribution in [0.5, 0.6) is 0 Å². The summed E-state index contributed by atoms with van der Waals surface area (Å²) < 4.78 is 28.5. The molecule has 112 valence electrons. The molecular weight excluding hydrogens is 418 g/mol. The Morgan fingerprint density at radius 3 is 2.19 bits per heavy atom. The molecule has 2 aromatic carbocycles. The molecule has 0 aliphatic carbocycles. The van der Waals surface area contributed by atoms with Gasteiger partial charge < -0.3 is 0 Å². The van der Waals surface area contributed by atoms with Gasteiger partial charge in [-0.25, -0.2) is 8.42 Å². The fourth-order valence-corrected chi connectivity index (χ4v) is 5.19. The minimum absolute atomic E-state index is 0.258. The zero-order valence-corrected chi connectivity index (χ0v) is 15.7. The Morgan fingerprint density at radius 1 is 1.05 bits per heavy atom. The van der Waals surface area contributed by atoms with Crippen molar-refractivity contribution in [2.45, 2.75) is 18.7 Å². The van der Waals surface area contributed by atoms with Crippen LogP contribution in [0.1, 0.15) is 12.5 Å². The fraction of sp³-hybridized carbons (Fsp3) is 0.200. The van der Waals surface area contributed by atoms with Crippen LogP contribution in [0, 0.1) is 6.92 Å². The van der Waals surface area contributed by atoms with E-state index in [1.54, 1.807) is 18.2 Å². The SMILES string of the molecule is CCN(c1ccc(C)cc1)S(=O)(=O)c1ccc(Br)cc1Br. The molecule has 0 heterocycles. The van der Waals surface area contributed by atoms with Gasteiger partial charge in [0, 0.05) is 15.5 Å². The summed E-state index contributed by atoms with van der Waals surface area (Å²) in [5.41, 5.74) is 1.76. The molecule has 2 aromatic rings. The quantitative estimate of drug-likeness (QED) is 0.699. The molecule has 0 aliphatic rings. The van der Waals surface area contributed by atoms with Crippen molar-refractivity contribution in [1.29, 1.82) is 0 Å². The van der Waals surface area contributed by atoms with Crippen LogP contribution in [0.2, 0.25) is 0 Å². The summed E-state index contributed by atoms with van der Waals surface area (Å²) in [6.07, 6.45) is 0. The second kappa shape index (κ2) is 6.50. The Balaban J connectivity index is 2.51. The van der Waals surface area contributed by atoms with Gasteiger partial charge >= 0.3 is 0 Å². The molecule has 21 heavy (non-hydrogen) atoms. The third-order valence-electron chi connectivity index (χ3n) is 3.07. The van der Waals surface area contributed by atoms with Gasteiger partial charge in [0.1, 0.15) is 4.90 Å². The van der Waals surface area contributed by atoms with Crippen LogP contribution in [-0.4, -0.2) is 15.0 Å². The molecule has 0 bridgehead atoms. The molecule has 0 fully saturated rings. The first-order valence-electron chi connectivity index (χ1n) is 6.40. The van der Waals surface area contributed by atoms with E-state index in [0.717, 1.165) is 10.0 Å². The fourth-order valence-electron chi connectivity index (χ4n) is 2.01. The lowest BCUT2D eigenvalue weighted by Gasteiger charge is -2.23. The Bertz CT molecular complexity index is 743. The van der Waals surface area contributed by atoms with Crippen LogP contribution in [0.3, 0.4) is 0 Å². The van der Waals surface area contributed by atoms with Crippen molar-refractivity contribution < 1.29 is 8.42 Å². The van der Waals surface area contributed by atoms with E-state index in [1.807, 2.05) is 38.1 Å². The highest BCUT2D eigenvalue weighted by molar-refractivity contribution is 9.11. The molecule has 0 radical (unpaired) electrons. The first kappa shape index (κ1) is 16.5. The number of halogens is 2. The van der Waals surface area contributed by atoms with Gasteiger partial charge in [0.15, 0.2) is 0 Å². The second-order valence-corrected chi connectivity index (χ2v) is 8.18. The summed E-state index contributed by atoms with van der Waals surface area (Å²) in [7, 11) is -3.60. The third kappa shape index (κ3) is 3.49. The summed E-state index contributed by atoms with van der Waals surface area (Å²) in [5, 5.41) is 0. The minimum Gasteiger partial charge on any atom is -0.267 e. The second-order valence-electron chi connectivity index (χ2n) is 4.58. The molecule has 0 aliphatic heterocycles. The normalized spacial score (nSPS) is 11.4. The van der Waals surface area contributed by atoms with Crippen LogP contribution < -0.4 is 4.31 Å². The Morgan fingerprint density at radius 2 is 1.67 bits per heavy atom. The lowest BCUT2D eigenvalue weighted by atomic mass is 10.2. The number of sulfonamides is 1. The largest absolute Gasteiger partial charge is 0.267 e. The van der Waals surface area contributed by atoms with Crippen LogP contribution in [0.25, 0.3) is 0 Å². The average Bonchev–Trinajstić information content (AvgIpc) is 2.41. The maximum Gasteiger partial charge on any atom is 0.265 e. The molecule has 0 saturated carbocycles. The van der Waals surface area contributed by atoms with Crippen molar-refractivity contribution in [2.24, 2.45) is 0 Å². The highest BCUT2D eigenvalue weighted by Crippen LogP contribution is 2.30. The van der Waals surface area contributed by atoms with Crippen LogP contribution in [0.15, 0.2) is 56.3 Å². The van der Waals surface area contributed by atoms with E-state index in [9.17, 15) is 8.42 Å². The van der Waals surface area contributed by atoms with Gasteiger partial charge in [0.2, 0.25) is 0 Å². The summed E-state index contributed by atoms with van der Waals surface area (Å²) in [6, 6.07) is 12.5. The highest BCUT2D eigenvalue weighted by Gasteiger charge is 2.25. The number of nitrogens with zero attached hydrogens (tertiary/aromatic N) is 1. The van der Waals surface area contributed by atoms with E-state index < -0.39 is 10.0 Å². The molecule has 3 nitrogen and oxygen atoms in total. The lowest BCUT2D eigenvalue weighted by molar-refractivity contribution is 0.591. The Kier molecular flexibility index (Phi) is 5.11. The minimum atomic E-state index is -3.60. The van der Waals surface area contributed by atoms with Crippen molar-refractivity contribution in [3.05, 3.63) is 57.0 Å². The number of anilines is 1. The monoisotopic (exact) mass is 431 g/mol. The van der Waals surface area contributed by atoms with Gasteiger partial charge in [0.25, 0.3) is 10.0 Å². The lowest BCUT2D eigenvalue weighted by Crippen LogP contribution is -2.31. The van der Waals surface area contributed by atoms with Crippen molar-refractivity contribution >= 4 is 47.6 Å². The average molecular weight is 433 g/mol. The number of benzene rings is 2. The smallest absolute Gasteiger partial charge is 0.265 e. The number of hydrogen-bond acceptors (Lipinski definition) is 2. The summed E-state index contributed by atoms with van der Waals surface area (Å²) in [6.45, 7) is 4.16. The van der Waals surface area contributed by atoms with Crippen molar-refractivity contribution in [2.75, 3.05) is 10.8 Å². The molecule has 6 heteroatoms. The zero-order valence-electron chi connectivity index (χ0n) is 11.7. The number of hydrogen-bond donors (Lipinski definition) is 0. The van der Waals surface area contributed by atoms with Crippen molar-refractivity contribution in [1.82, 2.24) is 0 Å². The topological polar surface area (TPSA) is 37.4 Å². The molecule has 0 amide bonds. The van der Waals surface area contributed by atoms with E-state index in [2.05, 4.69) is 31.9 Å². The predicted molar refractivity (Wildman–Crippen MR) is 93.2 cm³/mol. The van der Waals surface area contributed by atoms with Gasteiger partial charge in [0.05, 0.1) is 5.69 Å². The predicted octanol–water partition coefficient (Wildman–Crippen LogP) is 4.74. The molecule has 0 unspecified atom stereocenters. The number of aryl methyl sites for hydroxylation is 1. The number of rotatable bonds is 4. The first-order valence-corrected chi connectivity index (χ1v) is 9.43. The van der Waals surface area contributed by atoms with Gasteiger partial charge in [-0.05, 0) is 60.1 Å². The summed E-state index contributed by atoms with van der Waals surface area (Å²) in [5.74, 6) is 0. The van der Waals surface area contributed by atoms with Gasteiger partial charge in [-0.2, -0.15) is 0 Å². The Labute approximate surface area is 142 Å². The van der Waals surface area contributed by atoms with Crippen molar-refractivity contribution in [3.8, 4) is 0 Å². The van der Waals surface area contributed by atoms with E-state index >= 15 is 0 Å². The van der Waals surface area contributed by atoms with Gasteiger partial charge in [-0.1, -0.05) is 33.6 Å². The van der Waals surface area contributed by atoms with E-state index in [1.165, 1.54) is 4.31 Å². The van der Waals surface area contributed by atoms with Crippen LogP contribution in [-0.2, 0) is 10.0 Å². The van der Waals surface area contributed by atoms with Gasteiger partial charge in [-0.15, -0.1) is 0 Å². The molecule has 0 N–H and O–H groups in total. The molecule has 0 aromatic heterocycles. The Hall–Kier alpha value is -0.850. The van der Waals surface area contributed by atoms with Crippen molar-refractivity contribution in [3.63, 3.8) is 0 Å². The molecule has 0 atom stereocenters. The molecule has 2 rings (SSSR count). The maximum absolute atomic E-state index is 12.9. The van der Waals surface area contributed by atoms with E-state index in [0.29, 0.717) is 16.7 Å². The van der Waals surface area contributed by atoms with Crippen LogP contribution >= 0.6 is 31.9 Å². The van der Waals surface area contributed by atoms with E-state index in [4.69, 9.17) is 0 Å².